The quantitative estimate of drug-likeness (QED) is 0.214. The highest BCUT2D eigenvalue weighted by Crippen LogP contribution is 2.50. The van der Waals surface area contributed by atoms with Gasteiger partial charge in [0.15, 0.2) is 29.0 Å². The molecule has 6 aromatic rings. The zero-order valence-electron chi connectivity index (χ0n) is 21.3. The number of aromatic nitrogens is 3. The van der Waals surface area contributed by atoms with Gasteiger partial charge in [-0.2, -0.15) is 0 Å². The Morgan fingerprint density at radius 2 is 0.950 bits per heavy atom. The van der Waals surface area contributed by atoms with E-state index < -0.39 is 0 Å². The molecule has 1 aliphatic heterocycles. The molecule has 0 bridgehead atoms. The van der Waals surface area contributed by atoms with Crippen LogP contribution >= 0.6 is 0 Å². The van der Waals surface area contributed by atoms with Crippen LogP contribution < -0.4 is 9.64 Å². The van der Waals surface area contributed by atoms with E-state index >= 15 is 0 Å². The van der Waals surface area contributed by atoms with E-state index in [2.05, 4.69) is 29.2 Å². The van der Waals surface area contributed by atoms with Crippen LogP contribution in [0.5, 0.6) is 11.5 Å². The van der Waals surface area contributed by atoms with Crippen molar-refractivity contribution in [3.8, 4) is 45.7 Å². The topological polar surface area (TPSA) is 68.2 Å². The van der Waals surface area contributed by atoms with E-state index in [0.717, 1.165) is 51.5 Å². The highest BCUT2D eigenvalue weighted by Gasteiger charge is 2.25. The van der Waals surface area contributed by atoms with Gasteiger partial charge >= 0.3 is 0 Å². The van der Waals surface area contributed by atoms with Crippen molar-refractivity contribution in [2.45, 2.75) is 0 Å². The Balaban J connectivity index is 1.32. The SMILES string of the molecule is O=Cc1ccc(-c2nc(-c3ccccc3)nc(-c3ccc(N4c5ccccc5Oc5ccccc54)cc3)n2)cc1. The second-order valence-electron chi connectivity index (χ2n) is 9.33. The lowest BCUT2D eigenvalue weighted by molar-refractivity contribution is 0.112. The average molecular weight is 519 g/mol. The fourth-order valence-electron chi connectivity index (χ4n) is 4.80. The van der Waals surface area contributed by atoms with Gasteiger partial charge in [-0.05, 0) is 48.5 Å². The van der Waals surface area contributed by atoms with E-state index in [1.165, 1.54) is 0 Å². The molecule has 190 valence electrons. The molecular formula is C34H22N4O2. The summed E-state index contributed by atoms with van der Waals surface area (Å²) in [6.07, 6.45) is 0.824. The first-order chi connectivity index (χ1) is 19.8. The van der Waals surface area contributed by atoms with Crippen LogP contribution in [0.3, 0.4) is 0 Å². The highest BCUT2D eigenvalue weighted by atomic mass is 16.5. The summed E-state index contributed by atoms with van der Waals surface area (Å²) in [5, 5.41) is 0. The Hall–Kier alpha value is -5.62. The van der Waals surface area contributed by atoms with Gasteiger partial charge in [0, 0.05) is 27.9 Å². The zero-order chi connectivity index (χ0) is 26.9. The van der Waals surface area contributed by atoms with Crippen molar-refractivity contribution in [1.29, 1.82) is 0 Å². The minimum atomic E-state index is 0.543. The van der Waals surface area contributed by atoms with Crippen LogP contribution in [-0.4, -0.2) is 21.2 Å². The van der Waals surface area contributed by atoms with Gasteiger partial charge in [0.1, 0.15) is 6.29 Å². The number of rotatable bonds is 5. The number of carbonyl (C=O) groups excluding carboxylic acids is 1. The van der Waals surface area contributed by atoms with Crippen molar-refractivity contribution in [3.05, 3.63) is 133 Å². The maximum absolute atomic E-state index is 11.2. The van der Waals surface area contributed by atoms with Gasteiger partial charge in [0.25, 0.3) is 0 Å². The van der Waals surface area contributed by atoms with Crippen molar-refractivity contribution < 1.29 is 9.53 Å². The van der Waals surface area contributed by atoms with Crippen molar-refractivity contribution in [1.82, 2.24) is 15.0 Å². The number of aldehydes is 1. The molecule has 6 nitrogen and oxygen atoms in total. The molecule has 1 aromatic heterocycles. The maximum Gasteiger partial charge on any atom is 0.164 e. The lowest BCUT2D eigenvalue weighted by atomic mass is 10.1. The lowest BCUT2D eigenvalue weighted by Gasteiger charge is -2.32. The molecular weight excluding hydrogens is 496 g/mol. The maximum atomic E-state index is 11.2. The van der Waals surface area contributed by atoms with Crippen LogP contribution in [0.2, 0.25) is 0 Å². The van der Waals surface area contributed by atoms with Gasteiger partial charge < -0.3 is 9.64 Å². The number of hydrogen-bond acceptors (Lipinski definition) is 6. The largest absolute Gasteiger partial charge is 0.453 e. The summed E-state index contributed by atoms with van der Waals surface area (Å²) in [5.74, 6) is 3.31. The molecule has 0 spiro atoms. The summed E-state index contributed by atoms with van der Waals surface area (Å²) in [4.78, 5) is 27.8. The molecule has 0 unspecified atom stereocenters. The van der Waals surface area contributed by atoms with Crippen LogP contribution in [0.15, 0.2) is 127 Å². The summed E-state index contributed by atoms with van der Waals surface area (Å²) >= 11 is 0. The molecule has 40 heavy (non-hydrogen) atoms. The molecule has 5 aromatic carbocycles. The number of benzene rings is 5. The molecule has 0 saturated heterocycles. The Labute approximate surface area is 231 Å². The summed E-state index contributed by atoms with van der Waals surface area (Å²) < 4.78 is 6.16. The van der Waals surface area contributed by atoms with Gasteiger partial charge in [-0.25, -0.2) is 15.0 Å². The number of anilines is 3. The number of carbonyl (C=O) groups is 1. The second-order valence-corrected chi connectivity index (χ2v) is 9.33. The van der Waals surface area contributed by atoms with Crippen LogP contribution in [0.25, 0.3) is 34.2 Å². The third-order valence-corrected chi connectivity index (χ3v) is 6.79. The number of ether oxygens (including phenoxy) is 1. The Morgan fingerprint density at radius 1 is 0.500 bits per heavy atom. The van der Waals surface area contributed by atoms with E-state index in [-0.39, 0.29) is 0 Å². The number of fused-ring (bicyclic) bond motifs is 2. The summed E-state index contributed by atoms with van der Waals surface area (Å²) in [5.41, 5.74) is 6.11. The molecule has 0 aliphatic carbocycles. The predicted octanol–water partition coefficient (Wildman–Crippen LogP) is 8.26. The molecule has 0 amide bonds. The zero-order valence-corrected chi connectivity index (χ0v) is 21.3. The molecule has 0 atom stereocenters. The molecule has 0 radical (unpaired) electrons. The van der Waals surface area contributed by atoms with Crippen LogP contribution in [0.1, 0.15) is 10.4 Å². The number of nitrogens with zero attached hydrogens (tertiary/aromatic N) is 4. The second kappa shape index (κ2) is 9.93. The molecule has 0 N–H and O–H groups in total. The fraction of sp³-hybridized carbons (Fsp3) is 0. The average Bonchev–Trinajstić information content (AvgIpc) is 3.04. The third-order valence-electron chi connectivity index (χ3n) is 6.79. The van der Waals surface area contributed by atoms with Crippen molar-refractivity contribution in [3.63, 3.8) is 0 Å². The normalized spacial score (nSPS) is 11.8. The summed E-state index contributed by atoms with van der Waals surface area (Å²) in [6, 6.07) is 41.3. The monoisotopic (exact) mass is 518 g/mol. The van der Waals surface area contributed by atoms with Crippen LogP contribution in [-0.2, 0) is 0 Å². The molecule has 0 saturated carbocycles. The number of para-hydroxylation sites is 4. The first-order valence-electron chi connectivity index (χ1n) is 12.9. The minimum absolute atomic E-state index is 0.543. The molecule has 1 aliphatic rings. The van der Waals surface area contributed by atoms with Crippen molar-refractivity contribution in [2.75, 3.05) is 4.90 Å². The summed E-state index contributed by atoms with van der Waals surface area (Å²) in [7, 11) is 0. The predicted molar refractivity (Wildman–Crippen MR) is 156 cm³/mol. The Kier molecular flexibility index (Phi) is 5.83. The smallest absolute Gasteiger partial charge is 0.164 e. The third kappa shape index (κ3) is 4.27. The van der Waals surface area contributed by atoms with Gasteiger partial charge in [-0.3, -0.25) is 4.79 Å². The van der Waals surface area contributed by atoms with Crippen LogP contribution in [0, 0.1) is 0 Å². The number of hydrogen-bond donors (Lipinski definition) is 0. The lowest BCUT2D eigenvalue weighted by Crippen LogP contribution is -2.15. The van der Waals surface area contributed by atoms with E-state index in [0.29, 0.717) is 23.0 Å². The Bertz CT molecular complexity index is 1790. The Morgan fingerprint density at radius 3 is 1.48 bits per heavy atom. The van der Waals surface area contributed by atoms with Gasteiger partial charge in [-0.15, -0.1) is 0 Å². The standard InChI is InChI=1S/C34H22N4O2/c39-22-23-14-16-25(17-15-23)33-35-32(24-8-2-1-3-9-24)36-34(37-33)26-18-20-27(21-19-26)38-28-10-4-6-12-30(28)40-31-13-7-5-11-29(31)38/h1-22H. The van der Waals surface area contributed by atoms with E-state index in [1.54, 1.807) is 12.1 Å². The van der Waals surface area contributed by atoms with Crippen LogP contribution in [0.4, 0.5) is 17.1 Å². The molecule has 6 heteroatoms. The highest BCUT2D eigenvalue weighted by molar-refractivity contribution is 5.86. The first-order valence-corrected chi connectivity index (χ1v) is 12.9. The van der Waals surface area contributed by atoms with E-state index in [4.69, 9.17) is 19.7 Å². The minimum Gasteiger partial charge on any atom is -0.453 e. The van der Waals surface area contributed by atoms with Gasteiger partial charge in [-0.1, -0.05) is 78.9 Å². The van der Waals surface area contributed by atoms with Gasteiger partial charge in [0.2, 0.25) is 0 Å². The molecule has 7 rings (SSSR count). The van der Waals surface area contributed by atoms with Crippen molar-refractivity contribution >= 4 is 23.3 Å². The molecule has 2 heterocycles. The first kappa shape index (κ1) is 23.5. The van der Waals surface area contributed by atoms with Crippen molar-refractivity contribution in [2.24, 2.45) is 0 Å². The van der Waals surface area contributed by atoms with E-state index in [1.807, 2.05) is 91.0 Å². The van der Waals surface area contributed by atoms with Gasteiger partial charge in [0.05, 0.1) is 11.4 Å². The van der Waals surface area contributed by atoms with E-state index in [9.17, 15) is 4.79 Å². The fourth-order valence-corrected chi connectivity index (χ4v) is 4.80. The summed E-state index contributed by atoms with van der Waals surface area (Å²) in [6.45, 7) is 0. The molecule has 0 fully saturated rings.